The van der Waals surface area contributed by atoms with Gasteiger partial charge in [0.1, 0.15) is 23.9 Å². The van der Waals surface area contributed by atoms with Gasteiger partial charge in [0.2, 0.25) is 0 Å². The number of halogens is 2. The second kappa shape index (κ2) is 9.36. The Kier molecular flexibility index (Phi) is 6.37. The summed E-state index contributed by atoms with van der Waals surface area (Å²) in [5, 5.41) is 2.60. The molecule has 3 aromatic rings. The highest BCUT2D eigenvalue weighted by atomic mass is 79.9. The van der Waals surface area contributed by atoms with Gasteiger partial charge in [0, 0.05) is 0 Å². The number of carbonyl (C=O) groups excluding carboxylic acids is 2. The Bertz CT molecular complexity index is 1210. The van der Waals surface area contributed by atoms with E-state index in [0.29, 0.717) is 17.9 Å². The van der Waals surface area contributed by atoms with Crippen LogP contribution < -0.4 is 10.1 Å². The van der Waals surface area contributed by atoms with Crippen molar-refractivity contribution in [1.29, 1.82) is 0 Å². The highest BCUT2D eigenvalue weighted by Gasteiger charge is 2.33. The minimum Gasteiger partial charge on any atom is -0.488 e. The standard InChI is InChI=1S/C25H20BrFN2O3/c1-16-3-2-4-19(11-16)15-32-23-10-7-18(12-21(23)26)13-22-24(30)29(25(31)28-22)14-17-5-8-20(27)9-6-17/h2-13H,14-15H2,1H3,(H,28,31)/b22-13+. The van der Waals surface area contributed by atoms with Gasteiger partial charge in [-0.3, -0.25) is 9.69 Å². The molecule has 0 spiro atoms. The van der Waals surface area contributed by atoms with Crippen molar-refractivity contribution in [1.82, 2.24) is 10.2 Å². The Morgan fingerprint density at radius 2 is 1.81 bits per heavy atom. The predicted molar refractivity (Wildman–Crippen MR) is 123 cm³/mol. The van der Waals surface area contributed by atoms with Crippen LogP contribution in [0.1, 0.15) is 22.3 Å². The molecule has 1 saturated heterocycles. The predicted octanol–water partition coefficient (Wildman–Crippen LogP) is 5.57. The summed E-state index contributed by atoms with van der Waals surface area (Å²) >= 11 is 3.51. The van der Waals surface area contributed by atoms with Gasteiger partial charge in [-0.1, -0.05) is 48.0 Å². The monoisotopic (exact) mass is 494 g/mol. The number of ether oxygens (including phenoxy) is 1. The Morgan fingerprint density at radius 3 is 2.53 bits per heavy atom. The van der Waals surface area contributed by atoms with Gasteiger partial charge >= 0.3 is 6.03 Å². The van der Waals surface area contributed by atoms with Crippen molar-refractivity contribution < 1.29 is 18.7 Å². The van der Waals surface area contributed by atoms with E-state index < -0.39 is 11.9 Å². The fourth-order valence-electron chi connectivity index (χ4n) is 3.34. The van der Waals surface area contributed by atoms with Gasteiger partial charge in [-0.15, -0.1) is 0 Å². The SMILES string of the molecule is Cc1cccc(COc2ccc(/C=C3/NC(=O)N(Cc4ccc(F)cc4)C3=O)cc2Br)c1. The van der Waals surface area contributed by atoms with E-state index in [-0.39, 0.29) is 18.1 Å². The number of nitrogens with one attached hydrogen (secondary N) is 1. The number of nitrogens with zero attached hydrogens (tertiary/aromatic N) is 1. The Balaban J connectivity index is 1.45. The average Bonchev–Trinajstić information content (AvgIpc) is 3.02. The lowest BCUT2D eigenvalue weighted by Gasteiger charge is -2.11. The molecule has 3 aromatic carbocycles. The summed E-state index contributed by atoms with van der Waals surface area (Å²) in [6.45, 7) is 2.54. The molecular formula is C25H20BrFN2O3. The molecule has 0 aromatic heterocycles. The van der Waals surface area contributed by atoms with E-state index in [9.17, 15) is 14.0 Å². The molecular weight excluding hydrogens is 475 g/mol. The van der Waals surface area contributed by atoms with Gasteiger partial charge in [0.05, 0.1) is 11.0 Å². The maximum absolute atomic E-state index is 13.1. The molecule has 0 aliphatic carbocycles. The molecule has 1 aliphatic rings. The third-order valence-corrected chi connectivity index (χ3v) is 5.58. The highest BCUT2D eigenvalue weighted by molar-refractivity contribution is 9.10. The van der Waals surface area contributed by atoms with Crippen LogP contribution in [0.15, 0.2) is 76.9 Å². The van der Waals surface area contributed by atoms with Crippen molar-refractivity contribution in [3.63, 3.8) is 0 Å². The maximum Gasteiger partial charge on any atom is 0.329 e. The van der Waals surface area contributed by atoms with Crippen LogP contribution in [-0.4, -0.2) is 16.8 Å². The molecule has 0 radical (unpaired) electrons. The summed E-state index contributed by atoms with van der Waals surface area (Å²) in [6.07, 6.45) is 1.61. The highest BCUT2D eigenvalue weighted by Crippen LogP contribution is 2.28. The van der Waals surface area contributed by atoms with Crippen LogP contribution >= 0.6 is 15.9 Å². The summed E-state index contributed by atoms with van der Waals surface area (Å²) < 4.78 is 19.7. The van der Waals surface area contributed by atoms with Crippen LogP contribution in [0.2, 0.25) is 0 Å². The molecule has 1 aliphatic heterocycles. The Labute approximate surface area is 193 Å². The van der Waals surface area contributed by atoms with Gasteiger partial charge in [-0.05, 0) is 69.9 Å². The first-order chi connectivity index (χ1) is 15.4. The first kappa shape index (κ1) is 21.8. The first-order valence-electron chi connectivity index (χ1n) is 9.96. The number of hydrogen-bond donors (Lipinski definition) is 1. The van der Waals surface area contributed by atoms with Crippen molar-refractivity contribution in [2.75, 3.05) is 0 Å². The van der Waals surface area contributed by atoms with Gasteiger partial charge in [-0.25, -0.2) is 9.18 Å². The fourth-order valence-corrected chi connectivity index (χ4v) is 3.85. The second-order valence-corrected chi connectivity index (χ2v) is 8.33. The van der Waals surface area contributed by atoms with Crippen LogP contribution in [0.3, 0.4) is 0 Å². The van der Waals surface area contributed by atoms with Gasteiger partial charge < -0.3 is 10.1 Å². The largest absolute Gasteiger partial charge is 0.488 e. The van der Waals surface area contributed by atoms with E-state index in [4.69, 9.17) is 4.74 Å². The number of hydrogen-bond acceptors (Lipinski definition) is 3. The number of aryl methyl sites for hydroxylation is 1. The molecule has 3 amide bonds. The molecule has 5 nitrogen and oxygen atoms in total. The van der Waals surface area contributed by atoms with Gasteiger partial charge in [0.25, 0.3) is 5.91 Å². The molecule has 0 atom stereocenters. The van der Waals surface area contributed by atoms with Crippen LogP contribution in [0.25, 0.3) is 6.08 Å². The molecule has 1 fully saturated rings. The zero-order valence-electron chi connectivity index (χ0n) is 17.3. The number of carbonyl (C=O) groups is 2. The summed E-state index contributed by atoms with van der Waals surface area (Å²) in [6, 6.07) is 18.7. The van der Waals surface area contributed by atoms with E-state index in [1.807, 2.05) is 43.3 Å². The quantitative estimate of drug-likeness (QED) is 0.360. The van der Waals surface area contributed by atoms with Gasteiger partial charge in [-0.2, -0.15) is 0 Å². The molecule has 1 heterocycles. The van der Waals surface area contributed by atoms with E-state index in [2.05, 4.69) is 27.3 Å². The minimum absolute atomic E-state index is 0.0672. The lowest BCUT2D eigenvalue weighted by Crippen LogP contribution is -2.30. The molecule has 162 valence electrons. The molecule has 4 rings (SSSR count). The maximum atomic E-state index is 13.1. The normalized spacial score (nSPS) is 14.7. The molecule has 0 unspecified atom stereocenters. The zero-order chi connectivity index (χ0) is 22.7. The van der Waals surface area contributed by atoms with Crippen LogP contribution in [-0.2, 0) is 17.9 Å². The van der Waals surface area contributed by atoms with E-state index in [1.54, 1.807) is 18.2 Å². The smallest absolute Gasteiger partial charge is 0.329 e. The van der Waals surface area contributed by atoms with E-state index in [0.717, 1.165) is 20.5 Å². The van der Waals surface area contributed by atoms with E-state index >= 15 is 0 Å². The molecule has 1 N–H and O–H groups in total. The average molecular weight is 495 g/mol. The van der Waals surface area contributed by atoms with Crippen LogP contribution in [0.4, 0.5) is 9.18 Å². The van der Waals surface area contributed by atoms with Crippen LogP contribution in [0.5, 0.6) is 5.75 Å². The molecule has 32 heavy (non-hydrogen) atoms. The van der Waals surface area contributed by atoms with Crippen molar-refractivity contribution in [3.05, 3.63) is 105 Å². The number of amides is 3. The summed E-state index contributed by atoms with van der Waals surface area (Å²) in [4.78, 5) is 26.1. The number of imide groups is 1. The third kappa shape index (κ3) is 5.06. The molecule has 7 heteroatoms. The third-order valence-electron chi connectivity index (χ3n) is 4.96. The minimum atomic E-state index is -0.511. The number of urea groups is 1. The summed E-state index contributed by atoms with van der Waals surface area (Å²) in [5.41, 5.74) is 3.81. The zero-order valence-corrected chi connectivity index (χ0v) is 18.9. The van der Waals surface area contributed by atoms with Gasteiger partial charge in [0.15, 0.2) is 0 Å². The summed E-state index contributed by atoms with van der Waals surface area (Å²) in [7, 11) is 0. The molecule has 0 bridgehead atoms. The summed E-state index contributed by atoms with van der Waals surface area (Å²) in [5.74, 6) is -0.132. The number of benzene rings is 3. The fraction of sp³-hybridized carbons (Fsp3) is 0.120. The lowest BCUT2D eigenvalue weighted by atomic mass is 10.1. The van der Waals surface area contributed by atoms with Crippen molar-refractivity contribution in [2.45, 2.75) is 20.1 Å². The van der Waals surface area contributed by atoms with Crippen LogP contribution in [0, 0.1) is 12.7 Å². The van der Waals surface area contributed by atoms with Crippen molar-refractivity contribution in [3.8, 4) is 5.75 Å². The topological polar surface area (TPSA) is 58.6 Å². The van der Waals surface area contributed by atoms with E-state index in [1.165, 1.54) is 17.7 Å². The lowest BCUT2D eigenvalue weighted by molar-refractivity contribution is -0.123. The van der Waals surface area contributed by atoms with Crippen molar-refractivity contribution >= 4 is 33.9 Å². The van der Waals surface area contributed by atoms with Crippen molar-refractivity contribution in [2.24, 2.45) is 0 Å². The Morgan fingerprint density at radius 1 is 1.03 bits per heavy atom. The second-order valence-electron chi connectivity index (χ2n) is 7.47. The number of rotatable bonds is 6. The molecule has 0 saturated carbocycles. The Hall–Kier alpha value is -3.45. The first-order valence-corrected chi connectivity index (χ1v) is 10.8.